The van der Waals surface area contributed by atoms with Crippen LogP contribution in [0.5, 0.6) is 0 Å². The topological polar surface area (TPSA) is 171 Å². The van der Waals surface area contributed by atoms with E-state index in [9.17, 15) is 39.6 Å². The summed E-state index contributed by atoms with van der Waals surface area (Å²) in [6, 6.07) is 66.5. The highest BCUT2D eigenvalue weighted by Crippen LogP contribution is 2.56. The van der Waals surface area contributed by atoms with Crippen molar-refractivity contribution in [2.24, 2.45) is 0 Å². The van der Waals surface area contributed by atoms with Gasteiger partial charge >= 0.3 is 0 Å². The molecule has 6 aromatic rings. The van der Waals surface area contributed by atoms with Gasteiger partial charge in [-0.3, -0.25) is 39.6 Å². The summed E-state index contributed by atoms with van der Waals surface area (Å²) in [6.45, 7) is 5.31. The summed E-state index contributed by atoms with van der Waals surface area (Å²) >= 11 is 0. The highest BCUT2D eigenvalue weighted by molar-refractivity contribution is 7.95. The van der Waals surface area contributed by atoms with Crippen LogP contribution in [0.25, 0.3) is 0 Å². The highest BCUT2D eigenvalue weighted by Gasteiger charge is 2.44. The SMILES string of the molecule is CC(=O)N(O)CCCCCCC(=O)CCC(=O)N(O)CCCCCNC(=O)CCC(=O)N(O)CCCCCN(CCCCCCC(c1ccccc1)(c1ccccc1)c1ccccc1)CCCCCC[P+](c1ccccc1)(c1ccccc1)c1ccccc1.[Cl-].[Cl-]. The van der Waals surface area contributed by atoms with Gasteiger partial charge in [-0.05, 0) is 150 Å². The molecule has 0 radical (unpaired) electrons. The van der Waals surface area contributed by atoms with Crippen LogP contribution in [-0.2, 0) is 29.4 Å². The Morgan fingerprint density at radius 1 is 0.374 bits per heavy atom. The zero-order valence-corrected chi connectivity index (χ0v) is 56.2. The molecule has 0 saturated heterocycles. The van der Waals surface area contributed by atoms with Crippen LogP contribution in [0.2, 0.25) is 0 Å². The Balaban J connectivity index is 0.00000884. The molecule has 0 fully saturated rings. The number of ketones is 1. The van der Waals surface area contributed by atoms with E-state index in [1.165, 1.54) is 45.9 Å². The van der Waals surface area contributed by atoms with E-state index >= 15 is 0 Å². The van der Waals surface area contributed by atoms with Gasteiger partial charge in [0.05, 0.1) is 6.16 Å². The van der Waals surface area contributed by atoms with Gasteiger partial charge in [-0.25, -0.2) is 15.2 Å². The van der Waals surface area contributed by atoms with E-state index in [1.807, 2.05) is 0 Å². The second-order valence-electron chi connectivity index (χ2n) is 23.8. The number of unbranched alkanes of at least 4 members (excludes halogenated alkanes) is 13. The number of hydrogen-bond acceptors (Lipinski definition) is 9. The molecule has 0 spiro atoms. The van der Waals surface area contributed by atoms with Crippen molar-refractivity contribution in [2.45, 2.75) is 166 Å². The molecule has 0 aliphatic heterocycles. The highest BCUT2D eigenvalue weighted by atomic mass is 35.5. The Kier molecular flexibility index (Phi) is 37.6. The van der Waals surface area contributed by atoms with Crippen molar-refractivity contribution < 1.29 is 64.4 Å². The van der Waals surface area contributed by atoms with Crippen LogP contribution < -0.4 is 46.0 Å². The lowest BCUT2D eigenvalue weighted by Crippen LogP contribution is -3.00. The van der Waals surface area contributed by atoms with Gasteiger partial charge in [-0.1, -0.05) is 191 Å². The maximum absolute atomic E-state index is 12.9. The van der Waals surface area contributed by atoms with E-state index in [1.54, 1.807) is 0 Å². The Labute approximate surface area is 556 Å². The predicted octanol–water partition coefficient (Wildman–Crippen LogP) is 8.05. The minimum absolute atomic E-state index is 0. The van der Waals surface area contributed by atoms with Gasteiger partial charge in [0, 0.05) is 70.6 Å². The summed E-state index contributed by atoms with van der Waals surface area (Å²) in [4.78, 5) is 63.8. The van der Waals surface area contributed by atoms with E-state index in [2.05, 4.69) is 192 Å². The third kappa shape index (κ3) is 26.3. The Morgan fingerprint density at radius 3 is 1.14 bits per heavy atom. The fraction of sp³-hybridized carbons (Fsp3) is 0.453. The van der Waals surface area contributed by atoms with Crippen molar-refractivity contribution in [2.75, 3.05) is 52.0 Å². The van der Waals surface area contributed by atoms with Crippen molar-refractivity contribution in [1.82, 2.24) is 25.4 Å². The number of Topliss-reactive ketones (excluding diaryl/α,β-unsaturated/α-hetero) is 1. The third-order valence-electron chi connectivity index (χ3n) is 17.3. The summed E-state index contributed by atoms with van der Waals surface area (Å²) in [7, 11) is -1.87. The first-order valence-corrected chi connectivity index (χ1v) is 35.1. The van der Waals surface area contributed by atoms with E-state index in [0.29, 0.717) is 61.6 Å². The molecule has 0 unspecified atom stereocenters. The smallest absolute Gasteiger partial charge is 0.246 e. The molecule has 0 saturated carbocycles. The number of carbonyl (C=O) groups is 5. The van der Waals surface area contributed by atoms with Crippen LogP contribution in [0.15, 0.2) is 182 Å². The average molecular weight is 1300 g/mol. The van der Waals surface area contributed by atoms with Crippen molar-refractivity contribution in [3.8, 4) is 0 Å². The maximum atomic E-state index is 12.9. The number of nitrogens with one attached hydrogen (secondary N) is 1. The number of hydrogen-bond donors (Lipinski definition) is 4. The van der Waals surface area contributed by atoms with Crippen molar-refractivity contribution in [1.29, 1.82) is 0 Å². The summed E-state index contributed by atoms with van der Waals surface area (Å²) in [5.41, 5.74) is 3.73. The molecule has 13 nitrogen and oxygen atoms in total. The van der Waals surface area contributed by atoms with E-state index in [-0.39, 0.29) is 87.2 Å². The second-order valence-corrected chi connectivity index (χ2v) is 27.4. The molecular formula is C75H101Cl2N5O8P-. The number of rotatable bonds is 45. The molecule has 0 aliphatic carbocycles. The minimum Gasteiger partial charge on any atom is -1.00 e. The quantitative estimate of drug-likeness (QED) is 0.00972. The van der Waals surface area contributed by atoms with Crippen LogP contribution >= 0.6 is 7.26 Å². The van der Waals surface area contributed by atoms with Crippen molar-refractivity contribution in [3.63, 3.8) is 0 Å². The lowest BCUT2D eigenvalue weighted by atomic mass is 9.66. The zero-order valence-electron chi connectivity index (χ0n) is 53.8. The molecule has 6 aromatic carbocycles. The van der Waals surface area contributed by atoms with E-state index in [4.69, 9.17) is 0 Å². The summed E-state index contributed by atoms with van der Waals surface area (Å²) in [6.07, 6.45) is 18.6. The number of nitrogens with zero attached hydrogens (tertiary/aromatic N) is 4. The maximum Gasteiger partial charge on any atom is 0.246 e. The molecule has 4 amide bonds. The lowest BCUT2D eigenvalue weighted by Gasteiger charge is -2.36. The molecule has 91 heavy (non-hydrogen) atoms. The molecule has 0 atom stereocenters. The van der Waals surface area contributed by atoms with Gasteiger partial charge in [-0.2, -0.15) is 0 Å². The van der Waals surface area contributed by atoms with Crippen molar-refractivity contribution >= 4 is 52.6 Å². The molecule has 16 heteroatoms. The largest absolute Gasteiger partial charge is 1.00 e. The first-order valence-electron chi connectivity index (χ1n) is 33.1. The third-order valence-corrected chi connectivity index (χ3v) is 21.8. The normalized spacial score (nSPS) is 11.3. The number of amides is 4. The molecule has 0 aliphatic rings. The number of benzene rings is 6. The Bertz CT molecular complexity index is 2610. The van der Waals surface area contributed by atoms with Crippen LogP contribution in [0.4, 0.5) is 0 Å². The predicted molar refractivity (Wildman–Crippen MR) is 361 cm³/mol. The van der Waals surface area contributed by atoms with Crippen LogP contribution in [0.3, 0.4) is 0 Å². The fourth-order valence-corrected chi connectivity index (χ4v) is 16.7. The average Bonchev–Trinajstić information content (AvgIpc) is 0.844. The van der Waals surface area contributed by atoms with Gasteiger partial charge in [-0.15, -0.1) is 0 Å². The molecule has 494 valence electrons. The van der Waals surface area contributed by atoms with Gasteiger partial charge in [0.25, 0.3) is 0 Å². The molecular weight excluding hydrogens is 1200 g/mol. The first kappa shape index (κ1) is 77.2. The van der Waals surface area contributed by atoms with Crippen molar-refractivity contribution in [3.05, 3.63) is 199 Å². The monoisotopic (exact) mass is 1300 g/mol. The van der Waals surface area contributed by atoms with Crippen LogP contribution in [-0.4, -0.2) is 117 Å². The first-order chi connectivity index (χ1) is 43.4. The molecule has 0 heterocycles. The van der Waals surface area contributed by atoms with E-state index in [0.717, 1.165) is 108 Å². The number of carbonyl (C=O) groups excluding carboxylic acids is 5. The number of hydroxylamine groups is 6. The zero-order chi connectivity index (χ0) is 63.2. The van der Waals surface area contributed by atoms with Gasteiger partial charge in [0.1, 0.15) is 29.0 Å². The standard InChI is InChI=1S/C75H100N5O8P.2ClH/c1-64(81)78(86)60-34-4-2-22-44-68(82)51-53-73(84)79(87)61-35-14-30-56-76-72(83)52-54-74(85)80(88)62-36-15-33-59-77(57-31-5-3-29-55-75(65-38-16-8-17-39-65,66-40-18-9-19-41-66)67-42-20-10-21-43-67)58-32-6-7-37-63-89(69-45-23-11-24-46-69,70-47-25-12-26-48-70)71-49-27-13-28-50-71;;/h8-13,16-21,23-28,38-43,45-50,86-88H,2-7,14-15,22,29-37,44,51-63H2,1H3;2*1H/p-1. The van der Waals surface area contributed by atoms with Gasteiger partial charge in [0.2, 0.25) is 23.6 Å². The minimum atomic E-state index is -1.87. The molecule has 6 rings (SSSR count). The fourth-order valence-electron chi connectivity index (χ4n) is 12.3. The summed E-state index contributed by atoms with van der Waals surface area (Å²) in [5, 5.41) is 39.5. The lowest BCUT2D eigenvalue weighted by molar-refractivity contribution is -0.166. The number of halogens is 2. The summed E-state index contributed by atoms with van der Waals surface area (Å²) < 4.78 is 0. The Hall–Kier alpha value is -6.28. The summed E-state index contributed by atoms with van der Waals surface area (Å²) in [5.74, 6) is -1.71. The van der Waals surface area contributed by atoms with Gasteiger partial charge < -0.3 is 35.0 Å². The second kappa shape index (κ2) is 44.3. The Morgan fingerprint density at radius 2 is 0.714 bits per heavy atom. The van der Waals surface area contributed by atoms with Crippen LogP contribution in [0.1, 0.15) is 178 Å². The molecule has 0 aromatic heterocycles. The molecule has 4 N–H and O–H groups in total. The van der Waals surface area contributed by atoms with Gasteiger partial charge in [0.15, 0.2) is 0 Å². The van der Waals surface area contributed by atoms with E-state index < -0.39 is 25.0 Å². The molecule has 0 bridgehead atoms. The van der Waals surface area contributed by atoms with Crippen LogP contribution in [0, 0.1) is 0 Å².